The molecule has 3 nitrogen and oxygen atoms in total. The van der Waals surface area contributed by atoms with Gasteiger partial charge in [0, 0.05) is 58.9 Å². The highest BCUT2D eigenvalue weighted by Crippen LogP contribution is 2.29. The van der Waals surface area contributed by atoms with Gasteiger partial charge in [0.15, 0.2) is 0 Å². The van der Waals surface area contributed by atoms with E-state index in [9.17, 15) is 0 Å². The zero-order valence-corrected chi connectivity index (χ0v) is 15.9. The Morgan fingerprint density at radius 1 is 1.00 bits per heavy atom. The first-order valence-corrected chi connectivity index (χ1v) is 9.89. The second-order valence-electron chi connectivity index (χ2n) is 7.28. The molecule has 27 heavy (non-hydrogen) atoms. The molecule has 0 radical (unpaired) electrons. The van der Waals surface area contributed by atoms with Crippen molar-refractivity contribution in [2.75, 3.05) is 19.6 Å². The molecule has 0 spiro atoms. The van der Waals surface area contributed by atoms with Crippen LogP contribution in [0.5, 0.6) is 0 Å². The number of benzene rings is 2. The van der Waals surface area contributed by atoms with Gasteiger partial charge in [-0.3, -0.25) is 4.90 Å². The molecule has 0 saturated carbocycles. The first-order valence-electron chi connectivity index (χ1n) is 9.51. The zero-order chi connectivity index (χ0) is 18.2. The van der Waals surface area contributed by atoms with E-state index in [-0.39, 0.29) is 0 Å². The molecule has 0 saturated heterocycles. The molecule has 1 aliphatic rings. The minimum Gasteiger partial charge on any atom is -0.361 e. The summed E-state index contributed by atoms with van der Waals surface area (Å²) in [5.74, 6) is 0. The molecule has 2 aromatic heterocycles. The minimum absolute atomic E-state index is 0.780. The van der Waals surface area contributed by atoms with Gasteiger partial charge in [-0.1, -0.05) is 35.9 Å². The summed E-state index contributed by atoms with van der Waals surface area (Å²) in [6.07, 6.45) is 8.71. The van der Waals surface area contributed by atoms with Crippen molar-refractivity contribution in [1.29, 1.82) is 0 Å². The minimum atomic E-state index is 0.780. The predicted octanol–water partition coefficient (Wildman–Crippen LogP) is 5.63. The molecule has 0 amide bonds. The average molecular weight is 376 g/mol. The van der Waals surface area contributed by atoms with Gasteiger partial charge in [0.1, 0.15) is 0 Å². The summed E-state index contributed by atoms with van der Waals surface area (Å²) in [5, 5.41) is 3.39. The molecule has 0 atom stereocenters. The average Bonchev–Trinajstić information content (AvgIpc) is 3.33. The number of hydrogen-bond donors (Lipinski definition) is 2. The highest BCUT2D eigenvalue weighted by atomic mass is 35.5. The lowest BCUT2D eigenvalue weighted by Crippen LogP contribution is -2.30. The van der Waals surface area contributed by atoms with Gasteiger partial charge in [0.25, 0.3) is 0 Å². The zero-order valence-electron chi connectivity index (χ0n) is 15.1. The van der Waals surface area contributed by atoms with Gasteiger partial charge in [-0.2, -0.15) is 0 Å². The first-order chi connectivity index (χ1) is 13.3. The number of nitrogens with zero attached hydrogens (tertiary/aromatic N) is 1. The fourth-order valence-electron chi connectivity index (χ4n) is 4.17. The van der Waals surface area contributed by atoms with E-state index < -0.39 is 0 Å². The molecule has 2 N–H and O–H groups in total. The number of rotatable bonds is 4. The molecule has 5 rings (SSSR count). The third kappa shape index (κ3) is 3.18. The van der Waals surface area contributed by atoms with Crippen LogP contribution in [-0.2, 0) is 6.42 Å². The molecule has 4 aromatic rings. The monoisotopic (exact) mass is 375 g/mol. The van der Waals surface area contributed by atoms with E-state index in [4.69, 9.17) is 11.6 Å². The molecule has 4 heteroatoms. The summed E-state index contributed by atoms with van der Waals surface area (Å²) >= 11 is 6.08. The third-order valence-electron chi connectivity index (χ3n) is 5.66. The molecule has 0 aliphatic carbocycles. The highest BCUT2D eigenvalue weighted by Gasteiger charge is 2.15. The summed E-state index contributed by atoms with van der Waals surface area (Å²) < 4.78 is 0. The quantitative estimate of drug-likeness (QED) is 0.476. The SMILES string of the molecule is Clc1ccc2c(CCN3CC=C(c4cccc5[nH]ccc45)CC3)c[nH]c2c1. The van der Waals surface area contributed by atoms with Gasteiger partial charge in [-0.05, 0) is 53.8 Å². The van der Waals surface area contributed by atoms with Gasteiger partial charge < -0.3 is 9.97 Å². The molecule has 1 aliphatic heterocycles. The molecule has 0 unspecified atom stereocenters. The van der Waals surface area contributed by atoms with Crippen molar-refractivity contribution >= 4 is 39.0 Å². The van der Waals surface area contributed by atoms with Crippen molar-refractivity contribution in [3.8, 4) is 0 Å². The van der Waals surface area contributed by atoms with Crippen molar-refractivity contribution in [2.45, 2.75) is 12.8 Å². The maximum absolute atomic E-state index is 6.08. The van der Waals surface area contributed by atoms with E-state index >= 15 is 0 Å². The number of nitrogens with one attached hydrogen (secondary N) is 2. The number of halogens is 1. The van der Waals surface area contributed by atoms with Crippen LogP contribution in [0.25, 0.3) is 27.4 Å². The number of H-pyrrole nitrogens is 2. The summed E-state index contributed by atoms with van der Waals surface area (Å²) in [5.41, 5.74) is 6.56. The maximum atomic E-state index is 6.08. The number of hydrogen-bond acceptors (Lipinski definition) is 1. The number of fused-ring (bicyclic) bond motifs is 2. The normalized spacial score (nSPS) is 15.5. The van der Waals surface area contributed by atoms with Crippen LogP contribution < -0.4 is 0 Å². The van der Waals surface area contributed by atoms with Gasteiger partial charge in [-0.25, -0.2) is 0 Å². The van der Waals surface area contributed by atoms with Gasteiger partial charge in [0.2, 0.25) is 0 Å². The Morgan fingerprint density at radius 2 is 1.96 bits per heavy atom. The summed E-state index contributed by atoms with van der Waals surface area (Å²) in [6.45, 7) is 3.21. The van der Waals surface area contributed by atoms with Crippen molar-refractivity contribution < 1.29 is 0 Å². The summed E-state index contributed by atoms with van der Waals surface area (Å²) in [4.78, 5) is 9.19. The lowest BCUT2D eigenvalue weighted by atomic mass is 9.96. The standard InChI is InChI=1S/C23H22ClN3/c24-18-4-5-20-17(15-26-23(20)14-18)9-13-27-11-7-16(8-12-27)19-2-1-3-22-21(19)6-10-25-22/h1-7,10,14-15,25-26H,8-9,11-13H2. The Balaban J connectivity index is 1.28. The molecule has 3 heterocycles. The van der Waals surface area contributed by atoms with E-state index in [2.05, 4.69) is 57.5 Å². The van der Waals surface area contributed by atoms with Crippen molar-refractivity contribution in [3.63, 3.8) is 0 Å². The van der Waals surface area contributed by atoms with Crippen LogP contribution in [-0.4, -0.2) is 34.5 Å². The Kier molecular flexibility index (Phi) is 4.27. The van der Waals surface area contributed by atoms with Crippen LogP contribution in [0, 0.1) is 0 Å². The van der Waals surface area contributed by atoms with E-state index in [0.717, 1.165) is 43.0 Å². The number of aromatic amines is 2. The number of aromatic nitrogens is 2. The molecule has 0 fully saturated rings. The smallest absolute Gasteiger partial charge is 0.0471 e. The van der Waals surface area contributed by atoms with Crippen LogP contribution in [0.3, 0.4) is 0 Å². The Hall–Kier alpha value is -2.49. The second-order valence-corrected chi connectivity index (χ2v) is 7.71. The van der Waals surface area contributed by atoms with E-state index in [1.54, 1.807) is 0 Å². The van der Waals surface area contributed by atoms with E-state index in [1.165, 1.54) is 33.0 Å². The lowest BCUT2D eigenvalue weighted by molar-refractivity contribution is 0.306. The molecular weight excluding hydrogens is 354 g/mol. The summed E-state index contributed by atoms with van der Waals surface area (Å²) in [7, 11) is 0. The van der Waals surface area contributed by atoms with Crippen LogP contribution >= 0.6 is 11.6 Å². The molecular formula is C23H22ClN3. The molecule has 0 bridgehead atoms. The maximum Gasteiger partial charge on any atom is 0.0471 e. The van der Waals surface area contributed by atoms with Gasteiger partial charge in [-0.15, -0.1) is 0 Å². The topological polar surface area (TPSA) is 34.8 Å². The Labute approximate surface area is 163 Å². The fourth-order valence-corrected chi connectivity index (χ4v) is 4.34. The molecule has 136 valence electrons. The van der Waals surface area contributed by atoms with E-state index in [0.29, 0.717) is 0 Å². The largest absolute Gasteiger partial charge is 0.361 e. The fraction of sp³-hybridized carbons (Fsp3) is 0.217. The van der Waals surface area contributed by atoms with E-state index in [1.807, 2.05) is 18.3 Å². The Morgan fingerprint density at radius 3 is 2.85 bits per heavy atom. The van der Waals surface area contributed by atoms with Crippen molar-refractivity contribution in [2.24, 2.45) is 0 Å². The van der Waals surface area contributed by atoms with Gasteiger partial charge in [0.05, 0.1) is 0 Å². The lowest BCUT2D eigenvalue weighted by Gasteiger charge is -2.26. The van der Waals surface area contributed by atoms with Crippen molar-refractivity contribution in [3.05, 3.63) is 77.1 Å². The highest BCUT2D eigenvalue weighted by molar-refractivity contribution is 6.31. The van der Waals surface area contributed by atoms with Crippen LogP contribution in [0.1, 0.15) is 17.5 Å². The Bertz CT molecular complexity index is 1130. The third-order valence-corrected chi connectivity index (χ3v) is 5.90. The summed E-state index contributed by atoms with van der Waals surface area (Å²) in [6, 6.07) is 14.8. The van der Waals surface area contributed by atoms with Crippen LogP contribution in [0.2, 0.25) is 5.02 Å². The van der Waals surface area contributed by atoms with Crippen LogP contribution in [0.15, 0.2) is 60.9 Å². The first kappa shape index (κ1) is 16.7. The van der Waals surface area contributed by atoms with Crippen molar-refractivity contribution in [1.82, 2.24) is 14.9 Å². The predicted molar refractivity (Wildman–Crippen MR) is 114 cm³/mol. The molecule has 2 aromatic carbocycles. The van der Waals surface area contributed by atoms with Gasteiger partial charge >= 0.3 is 0 Å². The van der Waals surface area contributed by atoms with Crippen LogP contribution in [0.4, 0.5) is 0 Å². The second kappa shape index (κ2) is 6.91.